The van der Waals surface area contributed by atoms with E-state index < -0.39 is 5.82 Å². The summed E-state index contributed by atoms with van der Waals surface area (Å²) in [6, 6.07) is 12.1. The Labute approximate surface area is 153 Å². The summed E-state index contributed by atoms with van der Waals surface area (Å²) in [6.45, 7) is 1.26. The Morgan fingerprint density at radius 3 is 2.96 bits per heavy atom. The van der Waals surface area contributed by atoms with Crippen LogP contribution in [-0.2, 0) is 0 Å². The van der Waals surface area contributed by atoms with E-state index >= 15 is 0 Å². The van der Waals surface area contributed by atoms with Crippen LogP contribution in [0.2, 0.25) is 0 Å². The predicted molar refractivity (Wildman–Crippen MR) is 98.1 cm³/mol. The molecule has 4 rings (SSSR count). The standard InChI is InChI=1S/C19H17BrFN3O/c20-15-8-7-13(21)10-14(15)19(25)24-9-3-4-12(11-24)18-22-16-5-1-2-6-17(16)23-18/h1-2,5-8,10,12H,3-4,9,11H2,(H,22,23). The van der Waals surface area contributed by atoms with Gasteiger partial charge in [-0.1, -0.05) is 12.1 Å². The molecule has 1 fully saturated rings. The molecule has 1 unspecified atom stereocenters. The molecule has 0 saturated carbocycles. The number of hydrogen-bond acceptors (Lipinski definition) is 2. The predicted octanol–water partition coefficient (Wildman–Crippen LogP) is 4.48. The van der Waals surface area contributed by atoms with Crippen molar-refractivity contribution in [2.45, 2.75) is 18.8 Å². The van der Waals surface area contributed by atoms with Gasteiger partial charge < -0.3 is 9.88 Å². The lowest BCUT2D eigenvalue weighted by Crippen LogP contribution is -2.39. The average Bonchev–Trinajstić information content (AvgIpc) is 3.07. The zero-order valence-corrected chi connectivity index (χ0v) is 15.1. The van der Waals surface area contributed by atoms with Crippen molar-refractivity contribution in [2.75, 3.05) is 13.1 Å². The van der Waals surface area contributed by atoms with Crippen molar-refractivity contribution in [1.29, 1.82) is 0 Å². The van der Waals surface area contributed by atoms with Crippen LogP contribution in [0, 0.1) is 5.82 Å². The highest BCUT2D eigenvalue weighted by atomic mass is 79.9. The van der Waals surface area contributed by atoms with Gasteiger partial charge in [-0.2, -0.15) is 0 Å². The SMILES string of the molecule is O=C(c1cc(F)ccc1Br)N1CCCC(c2nc3ccccc3[nH]2)C1. The largest absolute Gasteiger partial charge is 0.342 e. The smallest absolute Gasteiger partial charge is 0.255 e. The third-order valence-corrected chi connectivity index (χ3v) is 5.35. The normalized spacial score (nSPS) is 17.8. The van der Waals surface area contributed by atoms with Crippen LogP contribution >= 0.6 is 15.9 Å². The first-order chi connectivity index (χ1) is 12.1. The lowest BCUT2D eigenvalue weighted by atomic mass is 9.96. The Morgan fingerprint density at radius 2 is 2.12 bits per heavy atom. The molecule has 6 heteroatoms. The minimum absolute atomic E-state index is 0.146. The number of halogens is 2. The van der Waals surface area contributed by atoms with Crippen molar-refractivity contribution >= 4 is 32.9 Å². The third kappa shape index (κ3) is 3.18. The molecule has 0 radical (unpaired) electrons. The molecule has 1 aliphatic rings. The number of nitrogens with one attached hydrogen (secondary N) is 1. The van der Waals surface area contributed by atoms with Crippen LogP contribution in [0.1, 0.15) is 34.9 Å². The number of likely N-dealkylation sites (tertiary alicyclic amines) is 1. The average molecular weight is 402 g/mol. The second-order valence-corrected chi connectivity index (χ2v) is 7.21. The minimum Gasteiger partial charge on any atom is -0.342 e. The van der Waals surface area contributed by atoms with Gasteiger partial charge in [0.2, 0.25) is 0 Å². The van der Waals surface area contributed by atoms with Gasteiger partial charge in [0.1, 0.15) is 11.6 Å². The van der Waals surface area contributed by atoms with E-state index in [9.17, 15) is 9.18 Å². The second-order valence-electron chi connectivity index (χ2n) is 6.35. The van der Waals surface area contributed by atoms with E-state index in [0.29, 0.717) is 23.1 Å². The Kier molecular flexibility index (Phi) is 4.29. The number of carbonyl (C=O) groups is 1. The molecule has 0 aliphatic carbocycles. The van der Waals surface area contributed by atoms with Gasteiger partial charge in [0.05, 0.1) is 16.6 Å². The molecule has 1 aliphatic heterocycles. The molecule has 1 N–H and O–H groups in total. The molecule has 128 valence electrons. The Bertz CT molecular complexity index is 906. The zero-order chi connectivity index (χ0) is 17.4. The van der Waals surface area contributed by atoms with Gasteiger partial charge in [-0.15, -0.1) is 0 Å². The van der Waals surface area contributed by atoms with E-state index in [1.807, 2.05) is 24.3 Å². The number of nitrogens with zero attached hydrogens (tertiary/aromatic N) is 2. The van der Waals surface area contributed by atoms with E-state index in [-0.39, 0.29) is 11.8 Å². The number of piperidine rings is 1. The maximum absolute atomic E-state index is 13.5. The van der Waals surface area contributed by atoms with Crippen LogP contribution in [0.25, 0.3) is 11.0 Å². The first-order valence-corrected chi connectivity index (χ1v) is 9.10. The number of aromatic nitrogens is 2. The van der Waals surface area contributed by atoms with Crippen molar-refractivity contribution in [3.63, 3.8) is 0 Å². The zero-order valence-electron chi connectivity index (χ0n) is 13.5. The molecule has 2 heterocycles. The van der Waals surface area contributed by atoms with Crippen molar-refractivity contribution in [3.05, 3.63) is 64.1 Å². The fourth-order valence-electron chi connectivity index (χ4n) is 3.38. The molecule has 0 spiro atoms. The Morgan fingerprint density at radius 1 is 1.28 bits per heavy atom. The second kappa shape index (κ2) is 6.59. The van der Waals surface area contributed by atoms with Gasteiger partial charge in [-0.3, -0.25) is 4.79 Å². The molecular formula is C19H17BrFN3O. The molecule has 1 atom stereocenters. The molecule has 1 saturated heterocycles. The summed E-state index contributed by atoms with van der Waals surface area (Å²) in [5.74, 6) is 0.527. The Balaban J connectivity index is 1.58. The summed E-state index contributed by atoms with van der Waals surface area (Å²) in [4.78, 5) is 22.7. The maximum atomic E-state index is 13.5. The highest BCUT2D eigenvalue weighted by Crippen LogP contribution is 2.29. The number of aromatic amines is 1. The van der Waals surface area contributed by atoms with Crippen LogP contribution in [0.15, 0.2) is 46.9 Å². The molecule has 1 amide bonds. The van der Waals surface area contributed by atoms with Gasteiger partial charge in [0.15, 0.2) is 0 Å². The quantitative estimate of drug-likeness (QED) is 0.687. The number of carbonyl (C=O) groups excluding carboxylic acids is 1. The monoisotopic (exact) mass is 401 g/mol. The van der Waals surface area contributed by atoms with Gasteiger partial charge in [0, 0.05) is 23.5 Å². The topological polar surface area (TPSA) is 49.0 Å². The fraction of sp³-hybridized carbons (Fsp3) is 0.263. The van der Waals surface area contributed by atoms with Crippen LogP contribution in [0.3, 0.4) is 0 Å². The summed E-state index contributed by atoms with van der Waals surface area (Å²) in [7, 11) is 0. The lowest BCUT2D eigenvalue weighted by molar-refractivity contribution is 0.0703. The van der Waals surface area contributed by atoms with Gasteiger partial charge >= 0.3 is 0 Å². The number of fused-ring (bicyclic) bond motifs is 1. The minimum atomic E-state index is -0.405. The van der Waals surface area contributed by atoms with Gasteiger partial charge in [-0.05, 0) is 59.1 Å². The van der Waals surface area contributed by atoms with Crippen LogP contribution in [-0.4, -0.2) is 33.9 Å². The highest BCUT2D eigenvalue weighted by molar-refractivity contribution is 9.10. The first kappa shape index (κ1) is 16.3. The summed E-state index contributed by atoms with van der Waals surface area (Å²) >= 11 is 3.35. The number of benzene rings is 2. The van der Waals surface area contributed by atoms with Crippen LogP contribution < -0.4 is 0 Å². The summed E-state index contributed by atoms with van der Waals surface area (Å²) in [5.41, 5.74) is 2.31. The molecule has 4 nitrogen and oxygen atoms in total. The van der Waals surface area contributed by atoms with Crippen molar-refractivity contribution in [2.24, 2.45) is 0 Å². The first-order valence-electron chi connectivity index (χ1n) is 8.31. The molecular weight excluding hydrogens is 385 g/mol. The molecule has 0 bridgehead atoms. The van der Waals surface area contributed by atoms with E-state index in [1.54, 1.807) is 11.0 Å². The summed E-state index contributed by atoms with van der Waals surface area (Å²) in [5, 5.41) is 0. The van der Waals surface area contributed by atoms with Crippen molar-refractivity contribution in [1.82, 2.24) is 14.9 Å². The Hall–Kier alpha value is -2.21. The third-order valence-electron chi connectivity index (χ3n) is 4.66. The van der Waals surface area contributed by atoms with E-state index in [2.05, 4.69) is 25.9 Å². The number of amides is 1. The fourth-order valence-corrected chi connectivity index (χ4v) is 3.80. The number of para-hydroxylation sites is 2. The van der Waals surface area contributed by atoms with Gasteiger partial charge in [0.25, 0.3) is 5.91 Å². The summed E-state index contributed by atoms with van der Waals surface area (Å²) in [6.07, 6.45) is 1.88. The van der Waals surface area contributed by atoms with E-state index in [0.717, 1.165) is 29.7 Å². The number of rotatable bonds is 2. The number of H-pyrrole nitrogens is 1. The lowest BCUT2D eigenvalue weighted by Gasteiger charge is -2.32. The van der Waals surface area contributed by atoms with E-state index in [1.165, 1.54) is 12.1 Å². The highest BCUT2D eigenvalue weighted by Gasteiger charge is 2.28. The van der Waals surface area contributed by atoms with E-state index in [4.69, 9.17) is 0 Å². The molecule has 1 aromatic heterocycles. The molecule has 3 aromatic rings. The summed E-state index contributed by atoms with van der Waals surface area (Å²) < 4.78 is 14.1. The van der Waals surface area contributed by atoms with Crippen LogP contribution in [0.5, 0.6) is 0 Å². The number of hydrogen-bond donors (Lipinski definition) is 1. The number of imidazole rings is 1. The molecule has 2 aromatic carbocycles. The maximum Gasteiger partial charge on any atom is 0.255 e. The molecule has 25 heavy (non-hydrogen) atoms. The van der Waals surface area contributed by atoms with Gasteiger partial charge in [-0.25, -0.2) is 9.37 Å². The van der Waals surface area contributed by atoms with Crippen LogP contribution in [0.4, 0.5) is 4.39 Å². The van der Waals surface area contributed by atoms with Crippen molar-refractivity contribution < 1.29 is 9.18 Å². The van der Waals surface area contributed by atoms with Crippen molar-refractivity contribution in [3.8, 4) is 0 Å².